The number of carbonyl (C=O) groups excluding carboxylic acids is 1. The minimum Gasteiger partial charge on any atom is -0.465 e. The van der Waals surface area contributed by atoms with Crippen molar-refractivity contribution < 1.29 is 14.7 Å². The first kappa shape index (κ1) is 20.1. The Labute approximate surface area is 177 Å². The molecule has 8 heteroatoms. The number of nitrogens with zero attached hydrogens (tertiary/aromatic N) is 2. The number of esters is 1. The van der Waals surface area contributed by atoms with Crippen LogP contribution in [0.5, 0.6) is 0 Å². The van der Waals surface area contributed by atoms with Crippen molar-refractivity contribution in [1.82, 2.24) is 15.1 Å². The average Bonchev–Trinajstić information content (AvgIpc) is 3.13. The topological polar surface area (TPSA) is 109 Å². The van der Waals surface area contributed by atoms with E-state index >= 15 is 0 Å². The highest BCUT2D eigenvalue weighted by Crippen LogP contribution is 2.24. The predicted molar refractivity (Wildman–Crippen MR) is 117 cm³/mol. The van der Waals surface area contributed by atoms with Gasteiger partial charge in [0.05, 0.1) is 36.5 Å². The van der Waals surface area contributed by atoms with E-state index in [1.54, 1.807) is 23.8 Å². The molecule has 4 rings (SSSR count). The first-order valence-electron chi connectivity index (χ1n) is 9.52. The molecule has 0 fully saturated rings. The smallest absolute Gasteiger partial charge is 0.340 e. The van der Waals surface area contributed by atoms with Gasteiger partial charge in [0.15, 0.2) is 0 Å². The lowest BCUT2D eigenvalue weighted by Gasteiger charge is -2.09. The quantitative estimate of drug-likeness (QED) is 0.254. The maximum atomic E-state index is 12.6. The summed E-state index contributed by atoms with van der Waals surface area (Å²) < 4.78 is 6.40. The lowest BCUT2D eigenvalue weighted by molar-refractivity contribution is 0.0602. The Morgan fingerprint density at radius 1 is 1.13 bits per heavy atom. The summed E-state index contributed by atoms with van der Waals surface area (Å²) in [5.41, 5.74) is 6.55. The number of aromatic nitrogens is 2. The highest BCUT2D eigenvalue weighted by molar-refractivity contribution is 6.02. The van der Waals surface area contributed by atoms with Crippen LogP contribution >= 0.6 is 0 Å². The van der Waals surface area contributed by atoms with Gasteiger partial charge >= 0.3 is 11.7 Å². The second-order valence-corrected chi connectivity index (χ2v) is 6.85. The average molecular weight is 416 g/mol. The third kappa shape index (κ3) is 3.96. The predicted octanol–water partition coefficient (Wildman–Crippen LogP) is 3.14. The second kappa shape index (κ2) is 8.68. The Morgan fingerprint density at radius 2 is 1.90 bits per heavy atom. The number of carbonyl (C=O) groups is 1. The van der Waals surface area contributed by atoms with E-state index in [4.69, 9.17) is 9.94 Å². The van der Waals surface area contributed by atoms with E-state index in [-0.39, 0.29) is 5.69 Å². The molecule has 1 aromatic heterocycles. The zero-order valence-electron chi connectivity index (χ0n) is 16.7. The van der Waals surface area contributed by atoms with E-state index in [2.05, 4.69) is 10.1 Å². The highest BCUT2D eigenvalue weighted by Gasteiger charge is 2.17. The molecule has 0 radical (unpaired) electrons. The molecule has 0 saturated carbocycles. The number of benzene rings is 3. The summed E-state index contributed by atoms with van der Waals surface area (Å²) in [5, 5.41) is 12.4. The number of nitrogens with one attached hydrogen (secondary N) is 2. The number of ether oxygens (including phenoxy) is 1. The van der Waals surface area contributed by atoms with Gasteiger partial charge in [-0.2, -0.15) is 10.7 Å². The van der Waals surface area contributed by atoms with Gasteiger partial charge in [0.1, 0.15) is 0 Å². The van der Waals surface area contributed by atoms with Crippen molar-refractivity contribution in [1.29, 1.82) is 0 Å². The minimum atomic E-state index is -0.496. The number of hydrogen-bond donors (Lipinski definition) is 3. The zero-order chi connectivity index (χ0) is 21.8. The minimum absolute atomic E-state index is 0.296. The molecule has 0 aliphatic carbocycles. The van der Waals surface area contributed by atoms with Crippen LogP contribution < -0.4 is 11.3 Å². The number of hydrogen-bond acceptors (Lipinski definition) is 6. The molecule has 3 N–H and O–H groups in total. The number of hydrazone groups is 1. The van der Waals surface area contributed by atoms with Crippen molar-refractivity contribution in [2.75, 3.05) is 7.11 Å². The van der Waals surface area contributed by atoms with Gasteiger partial charge in [0, 0.05) is 5.56 Å². The normalized spacial score (nSPS) is 11.2. The van der Waals surface area contributed by atoms with Crippen molar-refractivity contribution in [3.8, 4) is 11.1 Å². The molecule has 8 nitrogen and oxygen atoms in total. The fourth-order valence-corrected chi connectivity index (χ4v) is 3.59. The van der Waals surface area contributed by atoms with Crippen LogP contribution in [0.25, 0.3) is 22.2 Å². The third-order valence-corrected chi connectivity index (χ3v) is 5.03. The van der Waals surface area contributed by atoms with Crippen molar-refractivity contribution in [3.63, 3.8) is 0 Å². The molecule has 0 amide bonds. The lowest BCUT2D eigenvalue weighted by atomic mass is 9.99. The second-order valence-electron chi connectivity index (χ2n) is 6.85. The number of imidazole rings is 1. The standard InChI is InChI=1S/C23H20N4O4/c1-31-22(28)19-7-4-8-20-21(19)27(23(29)25-20)14-15-9-11-16(12-10-15)18-6-3-2-5-17(18)13-24-26-30/h2-13,26,30H,14H2,1H3,(H,25,29)/b24-13-. The molecular weight excluding hydrogens is 396 g/mol. The van der Waals surface area contributed by atoms with Gasteiger partial charge in [-0.25, -0.2) is 9.59 Å². The van der Waals surface area contributed by atoms with Crippen molar-refractivity contribution >= 4 is 23.2 Å². The molecule has 0 bridgehead atoms. The first-order valence-corrected chi connectivity index (χ1v) is 9.52. The summed E-state index contributed by atoms with van der Waals surface area (Å²) >= 11 is 0. The van der Waals surface area contributed by atoms with Crippen LogP contribution in [0.2, 0.25) is 0 Å². The van der Waals surface area contributed by atoms with E-state index in [1.807, 2.05) is 48.5 Å². The fourth-order valence-electron chi connectivity index (χ4n) is 3.59. The molecule has 1 heterocycles. The van der Waals surface area contributed by atoms with E-state index in [9.17, 15) is 9.59 Å². The Bertz CT molecular complexity index is 1320. The molecule has 0 unspecified atom stereocenters. The Balaban J connectivity index is 1.69. The van der Waals surface area contributed by atoms with Crippen LogP contribution in [0.3, 0.4) is 0 Å². The van der Waals surface area contributed by atoms with E-state index in [0.29, 0.717) is 23.1 Å². The summed E-state index contributed by atoms with van der Waals surface area (Å²) in [6, 6.07) is 20.5. The fraction of sp³-hybridized carbons (Fsp3) is 0.0870. The SMILES string of the molecule is COC(=O)c1cccc2[nH]c(=O)n(Cc3ccc(-c4ccccc4/C=N\NO)cc3)c12. The van der Waals surface area contributed by atoms with Crippen LogP contribution in [0.15, 0.2) is 76.6 Å². The lowest BCUT2D eigenvalue weighted by Crippen LogP contribution is -2.18. The van der Waals surface area contributed by atoms with E-state index < -0.39 is 5.97 Å². The number of fused-ring (bicyclic) bond motifs is 1. The molecule has 0 atom stereocenters. The van der Waals surface area contributed by atoms with Gasteiger partial charge in [-0.05, 0) is 28.8 Å². The van der Waals surface area contributed by atoms with Gasteiger partial charge in [0.25, 0.3) is 0 Å². The van der Waals surface area contributed by atoms with Crippen LogP contribution in [0, 0.1) is 0 Å². The molecule has 3 aromatic carbocycles. The highest BCUT2D eigenvalue weighted by atomic mass is 16.5. The summed E-state index contributed by atoms with van der Waals surface area (Å²) in [7, 11) is 1.31. The van der Waals surface area contributed by atoms with E-state index in [0.717, 1.165) is 22.3 Å². The Kier molecular flexibility index (Phi) is 5.63. The summed E-state index contributed by atoms with van der Waals surface area (Å²) in [5.74, 6) is -0.496. The zero-order valence-corrected chi connectivity index (χ0v) is 16.7. The summed E-state index contributed by atoms with van der Waals surface area (Å²) in [6.07, 6.45) is 1.53. The molecule has 0 spiro atoms. The Morgan fingerprint density at radius 3 is 2.65 bits per heavy atom. The monoisotopic (exact) mass is 416 g/mol. The number of aromatic amines is 1. The Hall–Kier alpha value is -4.17. The van der Waals surface area contributed by atoms with Crippen LogP contribution in [-0.2, 0) is 11.3 Å². The number of methoxy groups -OCH3 is 1. The molecule has 156 valence electrons. The first-order chi connectivity index (χ1) is 15.1. The van der Waals surface area contributed by atoms with Crippen molar-refractivity contribution in [3.05, 3.63) is 93.9 Å². The molecule has 31 heavy (non-hydrogen) atoms. The molecule has 4 aromatic rings. The van der Waals surface area contributed by atoms with Gasteiger partial charge in [-0.3, -0.25) is 9.77 Å². The molecular formula is C23H20N4O4. The number of para-hydroxylation sites is 1. The molecule has 0 saturated heterocycles. The van der Waals surface area contributed by atoms with Gasteiger partial charge < -0.3 is 9.72 Å². The molecule has 0 aliphatic rings. The van der Waals surface area contributed by atoms with E-state index in [1.165, 1.54) is 17.9 Å². The van der Waals surface area contributed by atoms with Gasteiger partial charge in [-0.1, -0.05) is 54.6 Å². The maximum Gasteiger partial charge on any atom is 0.340 e. The number of rotatable bonds is 6. The van der Waals surface area contributed by atoms with Crippen molar-refractivity contribution in [2.24, 2.45) is 5.10 Å². The van der Waals surface area contributed by atoms with Gasteiger partial charge in [0.2, 0.25) is 0 Å². The van der Waals surface area contributed by atoms with Crippen LogP contribution in [-0.4, -0.2) is 34.1 Å². The summed E-state index contributed by atoms with van der Waals surface area (Å²) in [4.78, 5) is 27.5. The van der Waals surface area contributed by atoms with Crippen LogP contribution in [0.4, 0.5) is 0 Å². The third-order valence-electron chi connectivity index (χ3n) is 5.03. The molecule has 0 aliphatic heterocycles. The van der Waals surface area contributed by atoms with Crippen molar-refractivity contribution in [2.45, 2.75) is 6.54 Å². The maximum absolute atomic E-state index is 12.6. The summed E-state index contributed by atoms with van der Waals surface area (Å²) in [6.45, 7) is 0.296. The van der Waals surface area contributed by atoms with Crippen LogP contribution in [0.1, 0.15) is 21.5 Å². The number of H-pyrrole nitrogens is 1. The largest absolute Gasteiger partial charge is 0.465 e. The van der Waals surface area contributed by atoms with Gasteiger partial charge in [-0.15, -0.1) is 0 Å².